The molecule has 0 spiro atoms. The number of para-hydroxylation sites is 2. The van der Waals surface area contributed by atoms with Gasteiger partial charge in [-0.2, -0.15) is 0 Å². The second-order valence-corrected chi connectivity index (χ2v) is 7.90. The molecule has 3 atom stereocenters. The Morgan fingerprint density at radius 3 is 2.72 bits per heavy atom. The average molecular weight is 391 g/mol. The highest BCUT2D eigenvalue weighted by atomic mass is 16.3. The van der Waals surface area contributed by atoms with E-state index >= 15 is 0 Å². The van der Waals surface area contributed by atoms with Gasteiger partial charge in [0.15, 0.2) is 5.58 Å². The smallest absolute Gasteiger partial charge is 0.253 e. The first-order valence-corrected chi connectivity index (χ1v) is 9.95. The second kappa shape index (κ2) is 7.70. The Kier molecular flexibility index (Phi) is 5.09. The van der Waals surface area contributed by atoms with Gasteiger partial charge in [-0.15, -0.1) is 0 Å². The second-order valence-electron chi connectivity index (χ2n) is 7.90. The number of aromatic nitrogens is 1. The van der Waals surface area contributed by atoms with Gasteiger partial charge in [-0.3, -0.25) is 9.59 Å². The molecule has 6 nitrogen and oxygen atoms in total. The molecular formula is C23H25N3O3. The lowest BCUT2D eigenvalue weighted by molar-refractivity contribution is -0.122. The van der Waals surface area contributed by atoms with E-state index in [2.05, 4.69) is 17.2 Å². The monoisotopic (exact) mass is 391 g/mol. The first kappa shape index (κ1) is 19.2. The van der Waals surface area contributed by atoms with Gasteiger partial charge in [-0.05, 0) is 49.6 Å². The number of nitrogens with one attached hydrogen (secondary N) is 1. The van der Waals surface area contributed by atoms with Crippen molar-refractivity contribution >= 4 is 22.9 Å². The predicted molar refractivity (Wildman–Crippen MR) is 111 cm³/mol. The highest BCUT2D eigenvalue weighted by molar-refractivity contribution is 5.95. The van der Waals surface area contributed by atoms with Gasteiger partial charge in [0, 0.05) is 36.7 Å². The van der Waals surface area contributed by atoms with Crippen molar-refractivity contribution in [2.24, 2.45) is 11.8 Å². The molecular weight excluding hydrogens is 366 g/mol. The van der Waals surface area contributed by atoms with Crippen LogP contribution in [-0.4, -0.2) is 41.3 Å². The maximum Gasteiger partial charge on any atom is 0.253 e. The average Bonchev–Trinajstić information content (AvgIpc) is 3.32. The van der Waals surface area contributed by atoms with Gasteiger partial charge in [-0.1, -0.05) is 25.1 Å². The third-order valence-electron chi connectivity index (χ3n) is 5.65. The summed E-state index contributed by atoms with van der Waals surface area (Å²) in [6, 6.07) is 14.7. The predicted octanol–water partition coefficient (Wildman–Crippen LogP) is 3.73. The molecule has 1 N–H and O–H groups in total. The van der Waals surface area contributed by atoms with Crippen molar-refractivity contribution in [1.29, 1.82) is 0 Å². The Balaban J connectivity index is 1.45. The van der Waals surface area contributed by atoms with Crippen molar-refractivity contribution in [3.8, 4) is 11.5 Å². The van der Waals surface area contributed by atoms with Crippen LogP contribution in [0.5, 0.6) is 0 Å². The van der Waals surface area contributed by atoms with E-state index in [4.69, 9.17) is 4.42 Å². The minimum absolute atomic E-state index is 0.0863. The Morgan fingerprint density at radius 2 is 2.00 bits per heavy atom. The summed E-state index contributed by atoms with van der Waals surface area (Å²) in [5.74, 6) is 1.07. The Morgan fingerprint density at radius 1 is 1.24 bits per heavy atom. The molecule has 2 aromatic carbocycles. The molecule has 6 heteroatoms. The molecule has 29 heavy (non-hydrogen) atoms. The number of nitrogens with zero attached hydrogens (tertiary/aromatic N) is 2. The minimum Gasteiger partial charge on any atom is -0.436 e. The summed E-state index contributed by atoms with van der Waals surface area (Å²) in [5, 5.41) is 2.96. The van der Waals surface area contributed by atoms with E-state index in [0.717, 1.165) is 17.5 Å². The van der Waals surface area contributed by atoms with Crippen LogP contribution in [0, 0.1) is 11.8 Å². The number of fused-ring (bicyclic) bond motifs is 1. The summed E-state index contributed by atoms with van der Waals surface area (Å²) in [5.41, 5.74) is 2.81. The lowest BCUT2D eigenvalue weighted by Crippen LogP contribution is -2.43. The fourth-order valence-electron chi connectivity index (χ4n) is 3.39. The summed E-state index contributed by atoms with van der Waals surface area (Å²) in [7, 11) is 1.75. The van der Waals surface area contributed by atoms with Gasteiger partial charge in [0.2, 0.25) is 11.8 Å². The molecule has 2 amide bonds. The van der Waals surface area contributed by atoms with Crippen molar-refractivity contribution in [3.05, 3.63) is 54.1 Å². The van der Waals surface area contributed by atoms with Crippen molar-refractivity contribution in [1.82, 2.24) is 15.2 Å². The third kappa shape index (κ3) is 4.01. The number of hydrogen-bond acceptors (Lipinski definition) is 4. The van der Waals surface area contributed by atoms with E-state index in [1.54, 1.807) is 24.1 Å². The number of oxazole rings is 1. The molecule has 1 aliphatic rings. The van der Waals surface area contributed by atoms with Crippen LogP contribution in [0.1, 0.15) is 30.6 Å². The van der Waals surface area contributed by atoms with E-state index in [9.17, 15) is 9.59 Å². The van der Waals surface area contributed by atoms with E-state index in [1.165, 1.54) is 0 Å². The SMILES string of the molecule is C[C@H]1C[C@H]1C(=O)NC[C@H](C)N(C)C(=O)c1cccc(-c2nc3ccccc3o2)c1. The quantitative estimate of drug-likeness (QED) is 0.695. The molecule has 0 bridgehead atoms. The zero-order valence-corrected chi connectivity index (χ0v) is 16.9. The van der Waals surface area contributed by atoms with Crippen molar-refractivity contribution in [3.63, 3.8) is 0 Å². The summed E-state index contributed by atoms with van der Waals surface area (Å²) >= 11 is 0. The number of benzene rings is 2. The van der Waals surface area contributed by atoms with Crippen LogP contribution in [0.4, 0.5) is 0 Å². The molecule has 0 radical (unpaired) electrons. The number of likely N-dealkylation sites (N-methyl/N-ethyl adjacent to an activating group) is 1. The lowest BCUT2D eigenvalue weighted by Gasteiger charge is -2.25. The minimum atomic E-state index is -0.117. The van der Waals surface area contributed by atoms with Gasteiger partial charge in [0.05, 0.1) is 0 Å². The van der Waals surface area contributed by atoms with Crippen LogP contribution >= 0.6 is 0 Å². The largest absolute Gasteiger partial charge is 0.436 e. The number of carbonyl (C=O) groups is 2. The highest BCUT2D eigenvalue weighted by Crippen LogP contribution is 2.37. The summed E-state index contributed by atoms with van der Waals surface area (Å²) in [6.45, 7) is 4.45. The van der Waals surface area contributed by atoms with E-state index in [1.807, 2.05) is 43.3 Å². The summed E-state index contributed by atoms with van der Waals surface area (Å²) in [4.78, 5) is 31.1. The van der Waals surface area contributed by atoms with Gasteiger partial charge in [0.25, 0.3) is 5.91 Å². The van der Waals surface area contributed by atoms with Gasteiger partial charge in [0.1, 0.15) is 5.52 Å². The molecule has 1 aromatic heterocycles. The molecule has 1 fully saturated rings. The van der Waals surface area contributed by atoms with Crippen LogP contribution in [0.25, 0.3) is 22.6 Å². The van der Waals surface area contributed by atoms with E-state index < -0.39 is 0 Å². The Bertz CT molecular complexity index is 1030. The number of carbonyl (C=O) groups excluding carboxylic acids is 2. The molecule has 4 rings (SSSR count). The number of rotatable bonds is 6. The fourth-order valence-corrected chi connectivity index (χ4v) is 3.39. The molecule has 3 aromatic rings. The third-order valence-corrected chi connectivity index (χ3v) is 5.65. The van der Waals surface area contributed by atoms with Crippen LogP contribution < -0.4 is 5.32 Å². The van der Waals surface area contributed by atoms with Gasteiger partial charge >= 0.3 is 0 Å². The highest BCUT2D eigenvalue weighted by Gasteiger charge is 2.39. The van der Waals surface area contributed by atoms with E-state index in [0.29, 0.717) is 29.5 Å². The standard InChI is InChI=1S/C23H25N3O3/c1-14-11-18(14)21(27)24-13-15(2)26(3)23(28)17-8-6-7-16(12-17)22-25-19-9-4-5-10-20(19)29-22/h4-10,12,14-15,18H,11,13H2,1-3H3,(H,24,27)/t14-,15-,18+/m0/s1. The Labute approximate surface area is 169 Å². The maximum atomic E-state index is 12.9. The molecule has 1 aliphatic carbocycles. The number of amides is 2. The summed E-state index contributed by atoms with van der Waals surface area (Å²) < 4.78 is 5.82. The molecule has 150 valence electrons. The summed E-state index contributed by atoms with van der Waals surface area (Å²) in [6.07, 6.45) is 0.956. The fraction of sp³-hybridized carbons (Fsp3) is 0.348. The zero-order chi connectivity index (χ0) is 20.5. The molecule has 0 aliphatic heterocycles. The van der Waals surface area contributed by atoms with E-state index in [-0.39, 0.29) is 23.8 Å². The van der Waals surface area contributed by atoms with Crippen molar-refractivity contribution < 1.29 is 14.0 Å². The first-order chi connectivity index (χ1) is 13.9. The zero-order valence-electron chi connectivity index (χ0n) is 16.9. The van der Waals surface area contributed by atoms with Crippen LogP contribution in [0.2, 0.25) is 0 Å². The van der Waals surface area contributed by atoms with Crippen LogP contribution in [-0.2, 0) is 4.79 Å². The van der Waals surface area contributed by atoms with Crippen molar-refractivity contribution in [2.45, 2.75) is 26.3 Å². The topological polar surface area (TPSA) is 75.4 Å². The molecule has 0 saturated heterocycles. The molecule has 1 heterocycles. The number of hydrogen-bond donors (Lipinski definition) is 1. The normalized spacial score (nSPS) is 19.0. The maximum absolute atomic E-state index is 12.9. The first-order valence-electron chi connectivity index (χ1n) is 9.95. The lowest BCUT2D eigenvalue weighted by atomic mass is 10.1. The van der Waals surface area contributed by atoms with Crippen LogP contribution in [0.15, 0.2) is 52.9 Å². The molecule has 1 saturated carbocycles. The van der Waals surface area contributed by atoms with Crippen molar-refractivity contribution in [2.75, 3.05) is 13.6 Å². The van der Waals surface area contributed by atoms with Gasteiger partial charge < -0.3 is 14.6 Å². The van der Waals surface area contributed by atoms with Crippen LogP contribution in [0.3, 0.4) is 0 Å². The molecule has 0 unspecified atom stereocenters. The Hall–Kier alpha value is -3.15. The van der Waals surface area contributed by atoms with Gasteiger partial charge in [-0.25, -0.2) is 4.98 Å².